The monoisotopic (exact) mass is 242 g/mol. The van der Waals surface area contributed by atoms with Crippen LogP contribution in [0.5, 0.6) is 0 Å². The van der Waals surface area contributed by atoms with Gasteiger partial charge < -0.3 is 5.11 Å². The van der Waals surface area contributed by atoms with Crippen molar-refractivity contribution in [2.45, 2.75) is 25.7 Å². The number of rotatable bonds is 2. The van der Waals surface area contributed by atoms with Gasteiger partial charge in [0, 0.05) is 6.20 Å². The molecule has 0 saturated carbocycles. The summed E-state index contributed by atoms with van der Waals surface area (Å²) in [6, 6.07) is 7.70. The number of nitrogens with zero attached hydrogens (tertiary/aromatic N) is 2. The van der Waals surface area contributed by atoms with E-state index in [2.05, 4.69) is 11.2 Å². The van der Waals surface area contributed by atoms with Crippen molar-refractivity contribution in [1.29, 1.82) is 0 Å². The molecule has 1 aromatic carbocycles. The third-order valence-corrected chi connectivity index (χ3v) is 3.43. The summed E-state index contributed by atoms with van der Waals surface area (Å²) in [5, 5.41) is 13.0. The van der Waals surface area contributed by atoms with E-state index >= 15 is 0 Å². The van der Waals surface area contributed by atoms with Crippen LogP contribution in [0, 0.1) is 0 Å². The molecule has 3 rings (SSSR count). The van der Waals surface area contributed by atoms with Gasteiger partial charge in [0.2, 0.25) is 0 Å². The summed E-state index contributed by atoms with van der Waals surface area (Å²) in [7, 11) is 0. The van der Waals surface area contributed by atoms with Crippen LogP contribution < -0.4 is 0 Å². The molecule has 0 aliphatic heterocycles. The van der Waals surface area contributed by atoms with Gasteiger partial charge in [-0.05, 0) is 48.9 Å². The molecule has 0 spiro atoms. The topological polar surface area (TPSA) is 55.1 Å². The van der Waals surface area contributed by atoms with Gasteiger partial charge in [-0.3, -0.25) is 0 Å². The van der Waals surface area contributed by atoms with E-state index in [9.17, 15) is 4.79 Å². The molecule has 92 valence electrons. The molecular formula is C14H14N2O2. The quantitative estimate of drug-likeness (QED) is 0.880. The zero-order valence-corrected chi connectivity index (χ0v) is 9.97. The van der Waals surface area contributed by atoms with Crippen LogP contribution in [-0.4, -0.2) is 20.9 Å². The van der Waals surface area contributed by atoms with E-state index in [0.717, 1.165) is 18.5 Å². The number of hydrogen-bond acceptors (Lipinski definition) is 2. The van der Waals surface area contributed by atoms with Crippen LogP contribution in [0.4, 0.5) is 0 Å². The van der Waals surface area contributed by atoms with E-state index in [-0.39, 0.29) is 5.69 Å². The molecule has 0 atom stereocenters. The van der Waals surface area contributed by atoms with Crippen LogP contribution in [0.1, 0.15) is 34.5 Å². The van der Waals surface area contributed by atoms with E-state index < -0.39 is 5.97 Å². The highest BCUT2D eigenvalue weighted by Gasteiger charge is 2.15. The van der Waals surface area contributed by atoms with Gasteiger partial charge in [-0.15, -0.1) is 0 Å². The largest absolute Gasteiger partial charge is 0.476 e. The number of benzene rings is 1. The first kappa shape index (κ1) is 11.0. The number of aromatic nitrogens is 2. The molecule has 0 radical (unpaired) electrons. The molecule has 1 aliphatic carbocycles. The summed E-state index contributed by atoms with van der Waals surface area (Å²) >= 11 is 0. The molecule has 1 heterocycles. The molecule has 0 unspecified atom stereocenters. The highest BCUT2D eigenvalue weighted by atomic mass is 16.4. The number of fused-ring (bicyclic) bond motifs is 1. The number of carbonyl (C=O) groups is 1. The molecule has 1 N–H and O–H groups in total. The summed E-state index contributed by atoms with van der Waals surface area (Å²) in [5.41, 5.74) is 3.78. The average molecular weight is 242 g/mol. The van der Waals surface area contributed by atoms with Gasteiger partial charge in [0.05, 0.1) is 5.69 Å². The van der Waals surface area contributed by atoms with Crippen molar-refractivity contribution in [3.63, 3.8) is 0 Å². The summed E-state index contributed by atoms with van der Waals surface area (Å²) in [5.74, 6) is -0.987. The summed E-state index contributed by atoms with van der Waals surface area (Å²) < 4.78 is 1.67. The Kier molecular flexibility index (Phi) is 2.63. The zero-order valence-electron chi connectivity index (χ0n) is 9.97. The van der Waals surface area contributed by atoms with E-state index in [4.69, 9.17) is 5.11 Å². The average Bonchev–Trinajstić information content (AvgIpc) is 2.87. The second-order valence-electron chi connectivity index (χ2n) is 4.57. The van der Waals surface area contributed by atoms with E-state index in [1.165, 1.54) is 30.0 Å². The third-order valence-electron chi connectivity index (χ3n) is 3.43. The van der Waals surface area contributed by atoms with Crippen LogP contribution >= 0.6 is 0 Å². The second kappa shape index (κ2) is 4.29. The maximum absolute atomic E-state index is 10.9. The first-order valence-electron chi connectivity index (χ1n) is 6.16. The van der Waals surface area contributed by atoms with Crippen molar-refractivity contribution < 1.29 is 9.90 Å². The summed E-state index contributed by atoms with van der Waals surface area (Å²) in [6.07, 6.45) is 6.30. The fourth-order valence-corrected chi connectivity index (χ4v) is 2.55. The van der Waals surface area contributed by atoms with E-state index in [1.807, 2.05) is 12.1 Å². The highest BCUT2D eigenvalue weighted by molar-refractivity contribution is 5.85. The Bertz CT molecular complexity index is 602. The van der Waals surface area contributed by atoms with Crippen LogP contribution in [0.2, 0.25) is 0 Å². The minimum atomic E-state index is -0.987. The summed E-state index contributed by atoms with van der Waals surface area (Å²) in [6.45, 7) is 0. The minimum Gasteiger partial charge on any atom is -0.476 e. The molecule has 0 fully saturated rings. The number of carboxylic acids is 1. The van der Waals surface area contributed by atoms with Crippen molar-refractivity contribution in [3.05, 3.63) is 47.3 Å². The maximum Gasteiger partial charge on any atom is 0.356 e. The van der Waals surface area contributed by atoms with E-state index in [1.54, 1.807) is 10.9 Å². The van der Waals surface area contributed by atoms with Gasteiger partial charge in [-0.25, -0.2) is 9.48 Å². The number of aryl methyl sites for hydroxylation is 1. The zero-order chi connectivity index (χ0) is 12.5. The fourth-order valence-electron chi connectivity index (χ4n) is 2.55. The molecule has 18 heavy (non-hydrogen) atoms. The Morgan fingerprint density at radius 1 is 1.22 bits per heavy atom. The fraction of sp³-hybridized carbons (Fsp3) is 0.286. The molecule has 4 heteroatoms. The van der Waals surface area contributed by atoms with Crippen LogP contribution in [0.15, 0.2) is 30.5 Å². The van der Waals surface area contributed by atoms with Gasteiger partial charge >= 0.3 is 5.97 Å². The standard InChI is InChI=1S/C14H14N2O2/c17-14(18)12-8-9-16(15-12)13-7-3-5-10-4-1-2-6-11(10)13/h3,5,7-9H,1-2,4,6H2,(H,17,18). The minimum absolute atomic E-state index is 0.0865. The molecule has 0 amide bonds. The number of hydrogen-bond donors (Lipinski definition) is 1. The third kappa shape index (κ3) is 1.79. The van der Waals surface area contributed by atoms with Crippen molar-refractivity contribution in [2.75, 3.05) is 0 Å². The van der Waals surface area contributed by atoms with Crippen molar-refractivity contribution in [2.24, 2.45) is 0 Å². The lowest BCUT2D eigenvalue weighted by Gasteiger charge is -2.19. The molecule has 1 aromatic heterocycles. The smallest absolute Gasteiger partial charge is 0.356 e. The second-order valence-corrected chi connectivity index (χ2v) is 4.57. The lowest BCUT2D eigenvalue weighted by atomic mass is 9.90. The lowest BCUT2D eigenvalue weighted by Crippen LogP contribution is -2.09. The van der Waals surface area contributed by atoms with Crippen LogP contribution in [0.3, 0.4) is 0 Å². The molecule has 0 bridgehead atoms. The normalized spacial score (nSPS) is 14.2. The maximum atomic E-state index is 10.9. The van der Waals surface area contributed by atoms with Crippen molar-refractivity contribution >= 4 is 5.97 Å². The predicted octanol–water partition coefficient (Wildman–Crippen LogP) is 2.45. The summed E-state index contributed by atoms with van der Waals surface area (Å²) in [4.78, 5) is 10.9. The van der Waals surface area contributed by atoms with Gasteiger partial charge in [0.1, 0.15) is 0 Å². The van der Waals surface area contributed by atoms with Crippen molar-refractivity contribution in [1.82, 2.24) is 9.78 Å². The van der Waals surface area contributed by atoms with Crippen LogP contribution in [0.25, 0.3) is 5.69 Å². The Morgan fingerprint density at radius 3 is 2.83 bits per heavy atom. The Balaban J connectivity index is 2.08. The predicted molar refractivity (Wildman–Crippen MR) is 67.2 cm³/mol. The Hall–Kier alpha value is -2.10. The first-order valence-corrected chi connectivity index (χ1v) is 6.16. The molecule has 1 aliphatic rings. The van der Waals surface area contributed by atoms with Crippen molar-refractivity contribution in [3.8, 4) is 5.69 Å². The lowest BCUT2D eigenvalue weighted by molar-refractivity contribution is 0.0690. The first-order chi connectivity index (χ1) is 8.75. The highest BCUT2D eigenvalue weighted by Crippen LogP contribution is 2.26. The Labute approximate surface area is 105 Å². The molecule has 4 nitrogen and oxygen atoms in total. The molecule has 2 aromatic rings. The Morgan fingerprint density at radius 2 is 2.06 bits per heavy atom. The molecular weight excluding hydrogens is 228 g/mol. The number of aromatic carboxylic acids is 1. The van der Waals surface area contributed by atoms with Gasteiger partial charge in [0.15, 0.2) is 5.69 Å². The van der Waals surface area contributed by atoms with Gasteiger partial charge in [0.25, 0.3) is 0 Å². The number of carboxylic acid groups (broad SMARTS) is 1. The van der Waals surface area contributed by atoms with Crippen LogP contribution in [-0.2, 0) is 12.8 Å². The van der Waals surface area contributed by atoms with E-state index in [0.29, 0.717) is 0 Å². The van der Waals surface area contributed by atoms with Gasteiger partial charge in [-0.1, -0.05) is 12.1 Å². The van der Waals surface area contributed by atoms with Gasteiger partial charge in [-0.2, -0.15) is 5.10 Å². The SMILES string of the molecule is O=C(O)c1ccn(-c2cccc3c2CCCC3)n1. The molecule has 0 saturated heterocycles.